The fourth-order valence-corrected chi connectivity index (χ4v) is 4.04. The predicted molar refractivity (Wildman–Crippen MR) is 98.7 cm³/mol. The van der Waals surface area contributed by atoms with Gasteiger partial charge in [0.1, 0.15) is 5.75 Å². The van der Waals surface area contributed by atoms with Crippen molar-refractivity contribution in [1.82, 2.24) is 9.62 Å². The standard InChI is InChI=1S/C19H22N2O4S/c1-20-26(23,24)17-6-3-5-15(13-17)19(22)21-12-4-7-18(21)14-8-10-16(25-2)11-9-14/h3,5-6,8-11,13,18,20H,4,7,12H2,1-2H3. The maximum absolute atomic E-state index is 13.0. The van der Waals surface area contributed by atoms with Crippen LogP contribution in [-0.4, -0.2) is 39.9 Å². The molecule has 1 fully saturated rings. The van der Waals surface area contributed by atoms with Gasteiger partial charge in [-0.15, -0.1) is 0 Å². The number of hydrogen-bond donors (Lipinski definition) is 1. The monoisotopic (exact) mass is 374 g/mol. The highest BCUT2D eigenvalue weighted by atomic mass is 32.2. The number of nitrogens with one attached hydrogen (secondary N) is 1. The quantitative estimate of drug-likeness (QED) is 0.873. The Kier molecular flexibility index (Phi) is 5.29. The molecule has 3 rings (SSSR count). The SMILES string of the molecule is CNS(=O)(=O)c1cccc(C(=O)N2CCCC2c2ccc(OC)cc2)c1. The zero-order chi connectivity index (χ0) is 18.7. The molecule has 1 aliphatic heterocycles. The molecule has 6 nitrogen and oxygen atoms in total. The second-order valence-electron chi connectivity index (χ2n) is 6.17. The number of hydrogen-bond acceptors (Lipinski definition) is 4. The number of rotatable bonds is 5. The summed E-state index contributed by atoms with van der Waals surface area (Å²) < 4.78 is 31.5. The highest BCUT2D eigenvalue weighted by Gasteiger charge is 2.31. The van der Waals surface area contributed by atoms with Gasteiger partial charge >= 0.3 is 0 Å². The van der Waals surface area contributed by atoms with Crippen LogP contribution in [-0.2, 0) is 10.0 Å². The summed E-state index contributed by atoms with van der Waals surface area (Å²) in [7, 11) is -0.617. The first-order chi connectivity index (χ1) is 12.5. The van der Waals surface area contributed by atoms with Crippen LogP contribution in [0.25, 0.3) is 0 Å². The lowest BCUT2D eigenvalue weighted by Crippen LogP contribution is -2.30. The minimum atomic E-state index is -3.59. The van der Waals surface area contributed by atoms with Crippen LogP contribution in [0.5, 0.6) is 5.75 Å². The van der Waals surface area contributed by atoms with E-state index in [1.165, 1.54) is 19.2 Å². The van der Waals surface area contributed by atoms with Crippen LogP contribution in [0.2, 0.25) is 0 Å². The van der Waals surface area contributed by atoms with E-state index in [1.54, 1.807) is 19.2 Å². The summed E-state index contributed by atoms with van der Waals surface area (Å²) in [6, 6.07) is 13.8. The van der Waals surface area contributed by atoms with Crippen molar-refractivity contribution in [3.8, 4) is 5.75 Å². The molecule has 1 heterocycles. The van der Waals surface area contributed by atoms with Gasteiger partial charge in [0.05, 0.1) is 18.0 Å². The summed E-state index contributed by atoms with van der Waals surface area (Å²) in [6.45, 7) is 0.651. The predicted octanol–water partition coefficient (Wildman–Crippen LogP) is 2.58. The Morgan fingerprint density at radius 2 is 1.92 bits per heavy atom. The summed E-state index contributed by atoms with van der Waals surface area (Å²) in [5, 5.41) is 0. The first-order valence-electron chi connectivity index (χ1n) is 8.45. The van der Waals surface area contributed by atoms with E-state index in [9.17, 15) is 13.2 Å². The zero-order valence-electron chi connectivity index (χ0n) is 14.8. The van der Waals surface area contributed by atoms with E-state index in [-0.39, 0.29) is 16.8 Å². The van der Waals surface area contributed by atoms with Gasteiger partial charge in [0.25, 0.3) is 5.91 Å². The first kappa shape index (κ1) is 18.4. The molecule has 1 unspecified atom stereocenters. The zero-order valence-corrected chi connectivity index (χ0v) is 15.6. The first-order valence-corrected chi connectivity index (χ1v) is 9.93. The van der Waals surface area contributed by atoms with Crippen molar-refractivity contribution in [3.05, 3.63) is 59.7 Å². The van der Waals surface area contributed by atoms with Gasteiger partial charge in [-0.25, -0.2) is 13.1 Å². The Labute approximate surface area is 153 Å². The summed E-state index contributed by atoms with van der Waals surface area (Å²) in [6.07, 6.45) is 1.80. The summed E-state index contributed by atoms with van der Waals surface area (Å²) >= 11 is 0. The van der Waals surface area contributed by atoms with E-state index in [2.05, 4.69) is 4.72 Å². The molecule has 26 heavy (non-hydrogen) atoms. The topological polar surface area (TPSA) is 75.7 Å². The number of methoxy groups -OCH3 is 1. The van der Waals surface area contributed by atoms with Gasteiger partial charge in [-0.3, -0.25) is 4.79 Å². The molecular weight excluding hydrogens is 352 g/mol. The van der Waals surface area contributed by atoms with Crippen molar-refractivity contribution >= 4 is 15.9 Å². The van der Waals surface area contributed by atoms with Crippen LogP contribution < -0.4 is 9.46 Å². The van der Waals surface area contributed by atoms with Crippen molar-refractivity contribution in [2.75, 3.05) is 20.7 Å². The largest absolute Gasteiger partial charge is 0.497 e. The Morgan fingerprint density at radius 1 is 1.19 bits per heavy atom. The molecule has 0 spiro atoms. The third-order valence-corrected chi connectivity index (χ3v) is 6.09. The lowest BCUT2D eigenvalue weighted by Gasteiger charge is -2.25. The highest BCUT2D eigenvalue weighted by molar-refractivity contribution is 7.89. The second kappa shape index (κ2) is 7.47. The summed E-state index contributed by atoms with van der Waals surface area (Å²) in [4.78, 5) is 14.9. The van der Waals surface area contributed by atoms with Crippen LogP contribution in [0, 0.1) is 0 Å². The lowest BCUT2D eigenvalue weighted by molar-refractivity contribution is 0.0735. The molecule has 1 saturated heterocycles. The molecule has 0 aromatic heterocycles. The molecule has 138 valence electrons. The lowest BCUT2D eigenvalue weighted by atomic mass is 10.0. The van der Waals surface area contributed by atoms with Crippen LogP contribution in [0.15, 0.2) is 53.4 Å². The van der Waals surface area contributed by atoms with Crippen molar-refractivity contribution < 1.29 is 17.9 Å². The van der Waals surface area contributed by atoms with Crippen LogP contribution in [0.1, 0.15) is 34.8 Å². The average molecular weight is 374 g/mol. The molecule has 1 aliphatic rings. The molecule has 0 radical (unpaired) electrons. The van der Waals surface area contributed by atoms with Gasteiger partial charge in [0, 0.05) is 12.1 Å². The Hall–Kier alpha value is -2.38. The van der Waals surface area contributed by atoms with Gasteiger partial charge < -0.3 is 9.64 Å². The van der Waals surface area contributed by atoms with E-state index in [1.807, 2.05) is 29.2 Å². The molecule has 1 atom stereocenters. The van der Waals surface area contributed by atoms with E-state index in [0.29, 0.717) is 12.1 Å². The van der Waals surface area contributed by atoms with Crippen LogP contribution in [0.3, 0.4) is 0 Å². The fraction of sp³-hybridized carbons (Fsp3) is 0.316. The van der Waals surface area contributed by atoms with Gasteiger partial charge in [-0.05, 0) is 55.8 Å². The molecule has 0 aliphatic carbocycles. The minimum Gasteiger partial charge on any atom is -0.497 e. The maximum atomic E-state index is 13.0. The number of ether oxygens (including phenoxy) is 1. The molecule has 2 aromatic rings. The highest BCUT2D eigenvalue weighted by Crippen LogP contribution is 2.34. The van der Waals surface area contributed by atoms with Crippen LogP contribution in [0.4, 0.5) is 0 Å². The number of likely N-dealkylation sites (tertiary alicyclic amines) is 1. The van der Waals surface area contributed by atoms with Gasteiger partial charge in [0.15, 0.2) is 0 Å². The summed E-state index contributed by atoms with van der Waals surface area (Å²) in [5.41, 5.74) is 1.43. The number of sulfonamides is 1. The van der Waals surface area contributed by atoms with Crippen molar-refractivity contribution in [2.24, 2.45) is 0 Å². The smallest absolute Gasteiger partial charge is 0.254 e. The van der Waals surface area contributed by atoms with E-state index in [0.717, 1.165) is 24.2 Å². The third kappa shape index (κ3) is 3.59. The molecule has 7 heteroatoms. The Bertz CT molecular complexity index is 894. The average Bonchev–Trinajstić information content (AvgIpc) is 3.17. The minimum absolute atomic E-state index is 0.0158. The molecule has 1 amide bonds. The molecular formula is C19H22N2O4S. The normalized spacial score (nSPS) is 17.3. The van der Waals surface area contributed by atoms with Crippen LogP contribution >= 0.6 is 0 Å². The van der Waals surface area contributed by atoms with Crippen molar-refractivity contribution in [2.45, 2.75) is 23.8 Å². The second-order valence-corrected chi connectivity index (χ2v) is 8.05. The number of benzene rings is 2. The Balaban J connectivity index is 1.87. The van der Waals surface area contributed by atoms with E-state index >= 15 is 0 Å². The van der Waals surface area contributed by atoms with Crippen molar-refractivity contribution in [1.29, 1.82) is 0 Å². The number of nitrogens with zero attached hydrogens (tertiary/aromatic N) is 1. The number of amides is 1. The van der Waals surface area contributed by atoms with E-state index in [4.69, 9.17) is 4.74 Å². The van der Waals surface area contributed by atoms with Crippen molar-refractivity contribution in [3.63, 3.8) is 0 Å². The Morgan fingerprint density at radius 3 is 2.58 bits per heavy atom. The fourth-order valence-electron chi connectivity index (χ4n) is 3.26. The number of carbonyl (C=O) groups excluding carboxylic acids is 1. The third-order valence-electron chi connectivity index (χ3n) is 4.67. The van der Waals surface area contributed by atoms with Gasteiger partial charge in [0.2, 0.25) is 10.0 Å². The molecule has 2 aromatic carbocycles. The van der Waals surface area contributed by atoms with Gasteiger partial charge in [-0.2, -0.15) is 0 Å². The maximum Gasteiger partial charge on any atom is 0.254 e. The molecule has 0 bridgehead atoms. The number of carbonyl (C=O) groups is 1. The molecule has 1 N–H and O–H groups in total. The summed E-state index contributed by atoms with van der Waals surface area (Å²) in [5.74, 6) is 0.617. The van der Waals surface area contributed by atoms with E-state index < -0.39 is 10.0 Å². The van der Waals surface area contributed by atoms with Gasteiger partial charge in [-0.1, -0.05) is 18.2 Å². The molecule has 0 saturated carbocycles.